The summed E-state index contributed by atoms with van der Waals surface area (Å²) in [5, 5.41) is 0. The van der Waals surface area contributed by atoms with Gasteiger partial charge in [0.25, 0.3) is 0 Å². The molecular weight excluding hydrogens is 220 g/mol. The lowest BCUT2D eigenvalue weighted by Gasteiger charge is -2.06. The highest BCUT2D eigenvalue weighted by Gasteiger charge is 2.28. The Bertz CT molecular complexity index is 636. The van der Waals surface area contributed by atoms with Crippen LogP contribution in [0, 0.1) is 0 Å². The smallest absolute Gasteiger partial charge is 0.190 e. The summed E-state index contributed by atoms with van der Waals surface area (Å²) in [6.07, 6.45) is 0.776. The van der Waals surface area contributed by atoms with Crippen LogP contribution in [0.3, 0.4) is 0 Å². The summed E-state index contributed by atoms with van der Waals surface area (Å²) in [5.41, 5.74) is 5.09. The van der Waals surface area contributed by atoms with Crippen molar-refractivity contribution in [3.05, 3.63) is 76.9 Å². The van der Waals surface area contributed by atoms with Crippen molar-refractivity contribution < 1.29 is 4.79 Å². The van der Waals surface area contributed by atoms with E-state index in [9.17, 15) is 4.79 Å². The van der Waals surface area contributed by atoms with Gasteiger partial charge in [0.2, 0.25) is 0 Å². The Hall–Kier alpha value is -2.15. The first-order valence-corrected chi connectivity index (χ1v) is 6.25. The maximum atomic E-state index is 12.4. The first-order valence-electron chi connectivity index (χ1n) is 6.25. The van der Waals surface area contributed by atoms with E-state index < -0.39 is 0 Å². The Labute approximate surface area is 107 Å². The van der Waals surface area contributed by atoms with Crippen molar-refractivity contribution >= 4 is 11.4 Å². The number of rotatable bonds is 2. The van der Waals surface area contributed by atoms with Crippen LogP contribution in [-0.4, -0.2) is 5.78 Å². The standard InChI is InChI=1S/C17H14O/c1-2-13-16(12-8-4-3-5-9-12)14-10-6-7-11-15(14)17(13)18/h3-11H,2H2,1H3. The van der Waals surface area contributed by atoms with Gasteiger partial charge < -0.3 is 0 Å². The largest absolute Gasteiger partial charge is 0.289 e. The summed E-state index contributed by atoms with van der Waals surface area (Å²) in [6.45, 7) is 2.04. The molecule has 0 saturated heterocycles. The van der Waals surface area contributed by atoms with Crippen LogP contribution >= 0.6 is 0 Å². The van der Waals surface area contributed by atoms with Gasteiger partial charge in [0.1, 0.15) is 0 Å². The fourth-order valence-electron chi connectivity index (χ4n) is 2.61. The molecule has 0 heterocycles. The highest BCUT2D eigenvalue weighted by molar-refractivity contribution is 6.22. The van der Waals surface area contributed by atoms with Crippen molar-refractivity contribution in [1.29, 1.82) is 0 Å². The zero-order chi connectivity index (χ0) is 12.5. The Morgan fingerprint density at radius 2 is 1.44 bits per heavy atom. The quantitative estimate of drug-likeness (QED) is 0.764. The van der Waals surface area contributed by atoms with Gasteiger partial charge in [-0.15, -0.1) is 0 Å². The number of allylic oxidation sites excluding steroid dienone is 1. The lowest BCUT2D eigenvalue weighted by atomic mass is 9.97. The first-order chi connectivity index (χ1) is 8.83. The predicted octanol–water partition coefficient (Wildman–Crippen LogP) is 4.09. The summed E-state index contributed by atoms with van der Waals surface area (Å²) in [7, 11) is 0. The average molecular weight is 234 g/mol. The summed E-state index contributed by atoms with van der Waals surface area (Å²) in [4.78, 5) is 12.4. The number of Topliss-reactive ketones (excluding diaryl/α,β-unsaturated/α-hetero) is 1. The van der Waals surface area contributed by atoms with Gasteiger partial charge in [0.05, 0.1) is 0 Å². The molecule has 0 saturated carbocycles. The maximum absolute atomic E-state index is 12.4. The van der Waals surface area contributed by atoms with Gasteiger partial charge in [-0.25, -0.2) is 0 Å². The van der Waals surface area contributed by atoms with Gasteiger partial charge in [-0.2, -0.15) is 0 Å². The number of fused-ring (bicyclic) bond motifs is 1. The number of carbonyl (C=O) groups is 1. The molecule has 0 aliphatic heterocycles. The third-order valence-electron chi connectivity index (χ3n) is 3.43. The molecule has 0 N–H and O–H groups in total. The molecule has 18 heavy (non-hydrogen) atoms. The number of hydrogen-bond acceptors (Lipinski definition) is 1. The second-order valence-electron chi connectivity index (χ2n) is 4.45. The van der Waals surface area contributed by atoms with E-state index in [2.05, 4.69) is 12.1 Å². The molecule has 0 spiro atoms. The lowest BCUT2D eigenvalue weighted by molar-refractivity contribution is 0.103. The Morgan fingerprint density at radius 3 is 2.11 bits per heavy atom. The third kappa shape index (κ3) is 1.52. The normalized spacial score (nSPS) is 13.9. The maximum Gasteiger partial charge on any atom is 0.190 e. The number of carbonyl (C=O) groups excluding carboxylic acids is 1. The monoisotopic (exact) mass is 234 g/mol. The highest BCUT2D eigenvalue weighted by Crippen LogP contribution is 2.38. The fourth-order valence-corrected chi connectivity index (χ4v) is 2.61. The van der Waals surface area contributed by atoms with Gasteiger partial charge in [-0.05, 0) is 23.1 Å². The van der Waals surface area contributed by atoms with Crippen LogP contribution in [0.1, 0.15) is 34.8 Å². The molecule has 3 rings (SSSR count). The van der Waals surface area contributed by atoms with E-state index >= 15 is 0 Å². The van der Waals surface area contributed by atoms with Gasteiger partial charge in [-0.1, -0.05) is 61.5 Å². The SMILES string of the molecule is CCC1=C(c2ccccc2)c2ccccc2C1=O. The van der Waals surface area contributed by atoms with Gasteiger partial charge in [-0.3, -0.25) is 4.79 Å². The molecule has 0 unspecified atom stereocenters. The zero-order valence-corrected chi connectivity index (χ0v) is 10.3. The molecule has 0 radical (unpaired) electrons. The molecule has 0 aromatic heterocycles. The average Bonchev–Trinajstić information content (AvgIpc) is 2.73. The van der Waals surface area contributed by atoms with Crippen LogP contribution in [-0.2, 0) is 0 Å². The second-order valence-corrected chi connectivity index (χ2v) is 4.45. The number of hydrogen-bond donors (Lipinski definition) is 0. The third-order valence-corrected chi connectivity index (χ3v) is 3.43. The Balaban J connectivity index is 2.28. The summed E-state index contributed by atoms with van der Waals surface area (Å²) < 4.78 is 0. The van der Waals surface area contributed by atoms with E-state index in [0.717, 1.165) is 34.3 Å². The molecule has 88 valence electrons. The van der Waals surface area contributed by atoms with E-state index in [1.54, 1.807) is 0 Å². The minimum absolute atomic E-state index is 0.187. The van der Waals surface area contributed by atoms with Crippen LogP contribution in [0.4, 0.5) is 0 Å². The van der Waals surface area contributed by atoms with Crippen LogP contribution in [0.5, 0.6) is 0 Å². The number of ketones is 1. The zero-order valence-electron chi connectivity index (χ0n) is 10.3. The van der Waals surface area contributed by atoms with E-state index in [4.69, 9.17) is 0 Å². The van der Waals surface area contributed by atoms with Crippen molar-refractivity contribution in [2.75, 3.05) is 0 Å². The molecule has 2 aromatic rings. The highest BCUT2D eigenvalue weighted by atomic mass is 16.1. The van der Waals surface area contributed by atoms with Crippen molar-refractivity contribution in [2.45, 2.75) is 13.3 Å². The summed E-state index contributed by atoms with van der Waals surface area (Å²) in [5.74, 6) is 0.187. The molecule has 1 nitrogen and oxygen atoms in total. The number of benzene rings is 2. The molecule has 0 bridgehead atoms. The molecule has 2 aromatic carbocycles. The minimum Gasteiger partial charge on any atom is -0.289 e. The van der Waals surface area contributed by atoms with Crippen molar-refractivity contribution in [1.82, 2.24) is 0 Å². The molecule has 0 atom stereocenters. The molecule has 1 aliphatic rings. The lowest BCUT2D eigenvalue weighted by Crippen LogP contribution is -1.97. The van der Waals surface area contributed by atoms with E-state index in [1.807, 2.05) is 49.4 Å². The van der Waals surface area contributed by atoms with E-state index in [1.165, 1.54) is 0 Å². The van der Waals surface area contributed by atoms with Crippen molar-refractivity contribution in [3.63, 3.8) is 0 Å². The molecule has 0 amide bonds. The fraction of sp³-hybridized carbons (Fsp3) is 0.118. The molecule has 1 heteroatoms. The van der Waals surface area contributed by atoms with Crippen LogP contribution in [0.2, 0.25) is 0 Å². The van der Waals surface area contributed by atoms with Crippen LogP contribution in [0.25, 0.3) is 5.57 Å². The van der Waals surface area contributed by atoms with E-state index in [-0.39, 0.29) is 5.78 Å². The second kappa shape index (κ2) is 4.26. The molecule has 1 aliphatic carbocycles. The summed E-state index contributed by atoms with van der Waals surface area (Å²) in [6, 6.07) is 18.0. The van der Waals surface area contributed by atoms with Gasteiger partial charge in [0, 0.05) is 11.1 Å². The van der Waals surface area contributed by atoms with Gasteiger partial charge >= 0.3 is 0 Å². The minimum atomic E-state index is 0.187. The first kappa shape index (κ1) is 11.0. The van der Waals surface area contributed by atoms with Crippen molar-refractivity contribution in [3.8, 4) is 0 Å². The predicted molar refractivity (Wildman–Crippen MR) is 73.5 cm³/mol. The van der Waals surface area contributed by atoms with Crippen molar-refractivity contribution in [2.24, 2.45) is 0 Å². The van der Waals surface area contributed by atoms with E-state index in [0.29, 0.717) is 0 Å². The van der Waals surface area contributed by atoms with Crippen LogP contribution < -0.4 is 0 Å². The Kier molecular flexibility index (Phi) is 2.60. The topological polar surface area (TPSA) is 17.1 Å². The Morgan fingerprint density at radius 1 is 0.833 bits per heavy atom. The van der Waals surface area contributed by atoms with Crippen LogP contribution in [0.15, 0.2) is 60.2 Å². The van der Waals surface area contributed by atoms with Gasteiger partial charge in [0.15, 0.2) is 5.78 Å². The molecule has 0 fully saturated rings. The molecular formula is C17H14O. The summed E-state index contributed by atoms with van der Waals surface area (Å²) >= 11 is 0.